The molecule has 14 nitrogen and oxygen atoms in total. The molecule has 0 amide bonds. The zero-order valence-electron chi connectivity index (χ0n) is 28.6. The summed E-state index contributed by atoms with van der Waals surface area (Å²) in [5.74, 6) is 0.774. The lowest BCUT2D eigenvalue weighted by atomic mass is 9.90. The first-order valence-corrected chi connectivity index (χ1v) is 18.1. The second-order valence-electron chi connectivity index (χ2n) is 12.4. The fourth-order valence-corrected chi connectivity index (χ4v) is 7.77. The Bertz CT molecular complexity index is 2660. The van der Waals surface area contributed by atoms with Crippen molar-refractivity contribution in [2.75, 3.05) is 24.4 Å². The number of nitrogens with one attached hydrogen (secondary N) is 2. The van der Waals surface area contributed by atoms with Crippen LogP contribution in [0.1, 0.15) is 29.3 Å². The van der Waals surface area contributed by atoms with Crippen LogP contribution >= 0.6 is 24.0 Å². The molecule has 0 fully saturated rings. The molecule has 0 bridgehead atoms. The number of hydrogen-bond acceptors (Lipinski definition) is 12. The van der Waals surface area contributed by atoms with E-state index in [1.165, 1.54) is 48.4 Å². The Balaban J connectivity index is 0.997. The number of rotatable bonds is 10. The molecule has 8 rings (SSSR count). The van der Waals surface area contributed by atoms with Crippen LogP contribution in [0.15, 0.2) is 92.3 Å². The lowest BCUT2D eigenvalue weighted by Gasteiger charge is -2.18. The molecular weight excluding hydrogens is 731 g/mol. The molecule has 1 aliphatic carbocycles. The number of anilines is 2. The van der Waals surface area contributed by atoms with Gasteiger partial charge in [-0.2, -0.15) is 0 Å². The number of hydrogen-bond donors (Lipinski definition) is 5. The van der Waals surface area contributed by atoms with E-state index < -0.39 is 5.97 Å². The topological polar surface area (TPSA) is 200 Å². The molecule has 0 unspecified atom stereocenters. The number of fused-ring (bicyclic) bond motifs is 4. The van der Waals surface area contributed by atoms with E-state index in [0.29, 0.717) is 80.0 Å². The molecule has 272 valence electrons. The van der Waals surface area contributed by atoms with Crippen molar-refractivity contribution >= 4 is 68.7 Å². The van der Waals surface area contributed by atoms with Crippen molar-refractivity contribution in [2.45, 2.75) is 36.4 Å². The Kier molecular flexibility index (Phi) is 9.13. The number of carboxylic acids is 1. The summed E-state index contributed by atoms with van der Waals surface area (Å²) in [7, 11) is 0. The van der Waals surface area contributed by atoms with Crippen molar-refractivity contribution in [3.05, 3.63) is 94.4 Å². The van der Waals surface area contributed by atoms with Gasteiger partial charge in [0.05, 0.1) is 5.56 Å². The molecule has 4 heterocycles. The highest BCUT2D eigenvalue weighted by molar-refractivity contribution is 7.99. The first-order chi connectivity index (χ1) is 26.2. The van der Waals surface area contributed by atoms with Gasteiger partial charge in [-0.05, 0) is 84.7 Å². The van der Waals surface area contributed by atoms with Crippen molar-refractivity contribution in [3.63, 3.8) is 0 Å². The van der Waals surface area contributed by atoms with Crippen molar-refractivity contribution in [1.82, 2.24) is 24.8 Å². The molecule has 0 spiro atoms. The van der Waals surface area contributed by atoms with E-state index in [9.17, 15) is 19.8 Å². The Morgan fingerprint density at radius 3 is 2.67 bits per heavy atom. The van der Waals surface area contributed by atoms with E-state index in [1.807, 2.05) is 16.7 Å². The number of ether oxygens (including phenoxy) is 2. The lowest BCUT2D eigenvalue weighted by molar-refractivity contribution is 0.0697. The molecule has 3 aromatic carbocycles. The van der Waals surface area contributed by atoms with Crippen molar-refractivity contribution in [1.29, 1.82) is 0 Å². The van der Waals surface area contributed by atoms with Crippen LogP contribution in [-0.2, 0) is 13.0 Å². The first kappa shape index (κ1) is 34.7. The van der Waals surface area contributed by atoms with E-state index in [2.05, 4.69) is 27.5 Å². The predicted octanol–water partition coefficient (Wildman–Crippen LogP) is 6.51. The Hall–Kier alpha value is -6.39. The monoisotopic (exact) mass is 761 g/mol. The van der Waals surface area contributed by atoms with Crippen LogP contribution in [0.5, 0.6) is 17.2 Å². The van der Waals surface area contributed by atoms with Crippen molar-refractivity contribution in [2.24, 2.45) is 0 Å². The van der Waals surface area contributed by atoms with Gasteiger partial charge in [0, 0.05) is 52.3 Å². The summed E-state index contributed by atoms with van der Waals surface area (Å²) >= 11 is 7.08. The number of nitrogen functional groups attached to an aromatic ring is 1. The van der Waals surface area contributed by atoms with Crippen LogP contribution in [0.4, 0.5) is 11.5 Å². The highest BCUT2D eigenvalue weighted by atomic mass is 32.2. The van der Waals surface area contributed by atoms with Crippen LogP contribution in [0, 0.1) is 0 Å². The Labute approximate surface area is 316 Å². The van der Waals surface area contributed by atoms with Gasteiger partial charge in [0.25, 0.3) is 0 Å². The molecule has 0 saturated heterocycles. The average molecular weight is 762 g/mol. The summed E-state index contributed by atoms with van der Waals surface area (Å²) in [6.07, 6.45) is 2.84. The number of aromatic nitrogens is 4. The minimum absolute atomic E-state index is 0.00263. The molecule has 0 saturated carbocycles. The number of nitrogens with zero attached hydrogens (tertiary/aromatic N) is 4. The van der Waals surface area contributed by atoms with Gasteiger partial charge in [0.15, 0.2) is 44.2 Å². The number of nitrogens with two attached hydrogens (primary N) is 1. The molecule has 3 aliphatic rings. The summed E-state index contributed by atoms with van der Waals surface area (Å²) in [6.45, 7) is 3.27. The van der Waals surface area contributed by atoms with Crippen LogP contribution in [0.3, 0.4) is 0 Å². The number of aromatic hydroxyl groups is 1. The third-order valence-electron chi connectivity index (χ3n) is 8.96. The first-order valence-electron chi connectivity index (χ1n) is 16.9. The fraction of sp³-hybridized carbons (Fsp3) is 0.158. The van der Waals surface area contributed by atoms with E-state index in [1.54, 1.807) is 24.3 Å². The van der Waals surface area contributed by atoms with Gasteiger partial charge in [-0.25, -0.2) is 19.7 Å². The maximum absolute atomic E-state index is 12.7. The average Bonchev–Trinajstić information content (AvgIpc) is 3.76. The predicted molar refractivity (Wildman–Crippen MR) is 208 cm³/mol. The van der Waals surface area contributed by atoms with Crippen LogP contribution in [0.25, 0.3) is 44.6 Å². The molecule has 16 heteroatoms. The number of thiocarbonyl (C=S) groups is 1. The minimum atomic E-state index is -1.16. The van der Waals surface area contributed by atoms with Crippen LogP contribution in [-0.4, -0.2) is 54.2 Å². The zero-order valence-corrected chi connectivity index (χ0v) is 30.2. The van der Waals surface area contributed by atoms with E-state index in [4.69, 9.17) is 36.8 Å². The zero-order chi connectivity index (χ0) is 37.5. The van der Waals surface area contributed by atoms with Gasteiger partial charge in [-0.1, -0.05) is 24.8 Å². The molecule has 54 heavy (non-hydrogen) atoms. The Morgan fingerprint density at radius 2 is 1.85 bits per heavy atom. The third kappa shape index (κ3) is 6.56. The maximum Gasteiger partial charge on any atom is 0.336 e. The number of benzene rings is 4. The number of aryl methyl sites for hydroxylation is 2. The number of phenolic OH excluding ortho intramolecular Hbond substituents is 1. The third-order valence-corrected chi connectivity index (χ3v) is 10.3. The molecule has 6 N–H and O–H groups in total. The summed E-state index contributed by atoms with van der Waals surface area (Å²) < 4.78 is 19.1. The van der Waals surface area contributed by atoms with E-state index >= 15 is 0 Å². The van der Waals surface area contributed by atoms with E-state index in [0.717, 1.165) is 22.6 Å². The summed E-state index contributed by atoms with van der Waals surface area (Å²) in [6, 6.07) is 17.8. The molecular formula is C38H31N7O7S2. The summed E-state index contributed by atoms with van der Waals surface area (Å²) in [5.41, 5.74) is 10.4. The number of aromatic carboxylic acids is 1. The smallest absolute Gasteiger partial charge is 0.336 e. The minimum Gasteiger partial charge on any atom is -0.508 e. The SMILES string of the molecule is CCc1cc2c(cc1Sc1nc3c(N)ncnc3n1CCCNC(=S)Nc1ccc(-c3c4ccc(=O)cc-4oc4cc(O)ccc34)c(C(=O)O)c1)OCO2. The molecule has 2 aromatic heterocycles. The second-order valence-corrected chi connectivity index (χ2v) is 13.8. The fourth-order valence-electron chi connectivity index (χ4n) is 6.43. The van der Waals surface area contributed by atoms with Crippen molar-refractivity contribution in [3.8, 4) is 39.7 Å². The van der Waals surface area contributed by atoms with Gasteiger partial charge >= 0.3 is 5.97 Å². The standard InChI is InChI=1S/C38H31N7O7S2/c1-2-19-12-29-30(51-18-50-29)16-31(19)54-38-44-33-34(39)41-17-42-35(33)45(38)11-3-10-40-37(53)43-20-4-7-23(26(13-20)36(48)49)32-24-8-5-21(46)14-27(24)52-28-15-22(47)6-9-25(28)32/h4-9,12-17,46H,2-3,10-11,18H2,1H3,(H,48,49)(H2,39,41,42)(H2,40,43,53). The summed E-state index contributed by atoms with van der Waals surface area (Å²) in [4.78, 5) is 39.2. The van der Waals surface area contributed by atoms with E-state index in [-0.39, 0.29) is 35.1 Å². The molecule has 0 atom stereocenters. The van der Waals surface area contributed by atoms with Gasteiger partial charge in [0.1, 0.15) is 23.4 Å². The number of carboxylic acid groups (broad SMARTS) is 1. The normalized spacial score (nSPS) is 12.1. The maximum atomic E-state index is 12.7. The van der Waals surface area contributed by atoms with Crippen molar-refractivity contribution < 1.29 is 28.9 Å². The van der Waals surface area contributed by atoms with Gasteiger partial charge in [0.2, 0.25) is 6.79 Å². The molecule has 0 radical (unpaired) electrons. The Morgan fingerprint density at radius 1 is 1.04 bits per heavy atom. The second kappa shape index (κ2) is 14.2. The highest BCUT2D eigenvalue weighted by Crippen LogP contribution is 2.43. The van der Waals surface area contributed by atoms with Crippen LogP contribution in [0.2, 0.25) is 0 Å². The number of carbonyl (C=O) groups is 1. The lowest BCUT2D eigenvalue weighted by Crippen LogP contribution is -2.30. The number of phenols is 1. The number of imidazole rings is 1. The van der Waals surface area contributed by atoms with Crippen LogP contribution < -0.4 is 31.3 Å². The molecule has 5 aromatic rings. The largest absolute Gasteiger partial charge is 0.508 e. The van der Waals surface area contributed by atoms with Gasteiger partial charge in [-0.3, -0.25) is 4.79 Å². The quantitative estimate of drug-likeness (QED) is 0.0574. The van der Waals surface area contributed by atoms with Gasteiger partial charge < -0.3 is 45.0 Å². The highest BCUT2D eigenvalue weighted by Gasteiger charge is 2.24. The summed E-state index contributed by atoms with van der Waals surface area (Å²) in [5, 5.41) is 28.3. The molecule has 2 aliphatic heterocycles. The van der Waals surface area contributed by atoms with Gasteiger partial charge in [-0.15, -0.1) is 0 Å².